The smallest absolute Gasteiger partial charge is 0.330 e. The average molecular weight is 180 g/mol. The molecule has 13 heavy (non-hydrogen) atoms. The molecule has 0 aromatic rings. The lowest BCUT2D eigenvalue weighted by Crippen LogP contribution is -1.92. The molecule has 0 aliphatic heterocycles. The molecule has 0 spiro atoms. The number of carbonyl (C=O) groups excluding carboxylic acids is 1. The predicted octanol–water partition coefficient (Wildman–Crippen LogP) is 2.63. The Morgan fingerprint density at radius 3 is 2.54 bits per heavy atom. The number of esters is 1. The molecule has 0 atom stereocenters. The SMILES string of the molecule is CCCC=CC=CC=CC(=O)OC. The van der Waals surface area contributed by atoms with Crippen molar-refractivity contribution in [2.45, 2.75) is 19.8 Å². The van der Waals surface area contributed by atoms with E-state index in [1.54, 1.807) is 12.2 Å². The Balaban J connectivity index is 3.62. The molecule has 2 heteroatoms. The molecule has 0 fully saturated rings. The highest BCUT2D eigenvalue weighted by Crippen LogP contribution is 1.89. The first-order valence-corrected chi connectivity index (χ1v) is 4.39. The van der Waals surface area contributed by atoms with Gasteiger partial charge in [-0.1, -0.05) is 43.7 Å². The molecule has 0 amide bonds. The maximum Gasteiger partial charge on any atom is 0.330 e. The van der Waals surface area contributed by atoms with Crippen LogP contribution in [0, 0.1) is 0 Å². The van der Waals surface area contributed by atoms with E-state index in [1.807, 2.05) is 12.2 Å². The molecule has 0 unspecified atom stereocenters. The molecule has 0 radical (unpaired) electrons. The molecule has 0 saturated heterocycles. The van der Waals surface area contributed by atoms with Crippen molar-refractivity contribution in [3.63, 3.8) is 0 Å². The minimum Gasteiger partial charge on any atom is -0.466 e. The lowest BCUT2D eigenvalue weighted by Gasteiger charge is -1.85. The predicted molar refractivity (Wildman–Crippen MR) is 54.3 cm³/mol. The molecule has 0 aromatic heterocycles. The number of rotatable bonds is 5. The van der Waals surface area contributed by atoms with Gasteiger partial charge in [0.05, 0.1) is 7.11 Å². The summed E-state index contributed by atoms with van der Waals surface area (Å²) in [5.74, 6) is -0.331. The summed E-state index contributed by atoms with van der Waals surface area (Å²) in [6.07, 6.45) is 13.0. The molecule has 0 aliphatic rings. The quantitative estimate of drug-likeness (QED) is 0.369. The van der Waals surface area contributed by atoms with E-state index >= 15 is 0 Å². The van der Waals surface area contributed by atoms with Crippen LogP contribution in [0.4, 0.5) is 0 Å². The standard InChI is InChI=1S/C11H16O2/c1-3-4-5-6-7-8-9-10-11(12)13-2/h5-10H,3-4H2,1-2H3. The Hall–Kier alpha value is -1.31. The molecule has 0 bridgehead atoms. The topological polar surface area (TPSA) is 26.3 Å². The van der Waals surface area contributed by atoms with Gasteiger partial charge in [-0.3, -0.25) is 0 Å². The second-order valence-corrected chi connectivity index (χ2v) is 2.48. The van der Waals surface area contributed by atoms with E-state index in [1.165, 1.54) is 13.2 Å². The minimum atomic E-state index is -0.331. The van der Waals surface area contributed by atoms with Crippen LogP contribution in [-0.2, 0) is 9.53 Å². The van der Waals surface area contributed by atoms with Gasteiger partial charge in [0.1, 0.15) is 0 Å². The Kier molecular flexibility index (Phi) is 7.90. The van der Waals surface area contributed by atoms with Gasteiger partial charge in [0.2, 0.25) is 0 Å². The van der Waals surface area contributed by atoms with Crippen LogP contribution in [0.15, 0.2) is 36.5 Å². The van der Waals surface area contributed by atoms with E-state index < -0.39 is 0 Å². The zero-order valence-corrected chi connectivity index (χ0v) is 8.19. The van der Waals surface area contributed by atoms with Crippen molar-refractivity contribution in [2.75, 3.05) is 7.11 Å². The van der Waals surface area contributed by atoms with Gasteiger partial charge in [-0.25, -0.2) is 4.79 Å². The highest BCUT2D eigenvalue weighted by molar-refractivity contribution is 5.82. The maximum atomic E-state index is 10.6. The van der Waals surface area contributed by atoms with Crippen molar-refractivity contribution in [2.24, 2.45) is 0 Å². The molecule has 0 saturated carbocycles. The summed E-state index contributed by atoms with van der Waals surface area (Å²) >= 11 is 0. The summed E-state index contributed by atoms with van der Waals surface area (Å²) < 4.78 is 4.42. The number of methoxy groups -OCH3 is 1. The van der Waals surface area contributed by atoms with Crippen LogP contribution in [0.5, 0.6) is 0 Å². The Labute approximate surface area is 79.6 Å². The van der Waals surface area contributed by atoms with Crippen LogP contribution in [0.2, 0.25) is 0 Å². The van der Waals surface area contributed by atoms with Gasteiger partial charge in [-0.2, -0.15) is 0 Å². The molecule has 72 valence electrons. The number of hydrogen-bond donors (Lipinski definition) is 0. The highest BCUT2D eigenvalue weighted by Gasteiger charge is 1.85. The van der Waals surface area contributed by atoms with Crippen LogP contribution in [-0.4, -0.2) is 13.1 Å². The lowest BCUT2D eigenvalue weighted by molar-refractivity contribution is -0.134. The number of unbranched alkanes of at least 4 members (excludes halogenated alkanes) is 1. The van der Waals surface area contributed by atoms with Crippen molar-refractivity contribution in [1.82, 2.24) is 0 Å². The van der Waals surface area contributed by atoms with Crippen molar-refractivity contribution >= 4 is 5.97 Å². The third-order valence-electron chi connectivity index (χ3n) is 1.36. The average Bonchev–Trinajstić information content (AvgIpc) is 2.16. The molecule has 0 heterocycles. The zero-order valence-electron chi connectivity index (χ0n) is 8.19. The molecular weight excluding hydrogens is 164 g/mol. The van der Waals surface area contributed by atoms with Gasteiger partial charge in [0, 0.05) is 6.08 Å². The van der Waals surface area contributed by atoms with E-state index in [0.717, 1.165) is 12.8 Å². The van der Waals surface area contributed by atoms with E-state index in [2.05, 4.69) is 17.7 Å². The van der Waals surface area contributed by atoms with Crippen LogP contribution in [0.3, 0.4) is 0 Å². The third kappa shape index (κ3) is 8.60. The largest absolute Gasteiger partial charge is 0.466 e. The monoisotopic (exact) mass is 180 g/mol. The lowest BCUT2D eigenvalue weighted by atomic mass is 10.3. The van der Waals surface area contributed by atoms with Crippen molar-refractivity contribution < 1.29 is 9.53 Å². The van der Waals surface area contributed by atoms with E-state index in [4.69, 9.17) is 0 Å². The van der Waals surface area contributed by atoms with Gasteiger partial charge in [-0.15, -0.1) is 0 Å². The summed E-state index contributed by atoms with van der Waals surface area (Å²) in [4.78, 5) is 10.6. The van der Waals surface area contributed by atoms with Gasteiger partial charge in [0.15, 0.2) is 0 Å². The van der Waals surface area contributed by atoms with Gasteiger partial charge >= 0.3 is 5.97 Å². The second kappa shape index (κ2) is 8.78. The van der Waals surface area contributed by atoms with Crippen molar-refractivity contribution in [3.8, 4) is 0 Å². The minimum absolute atomic E-state index is 0.331. The first-order valence-electron chi connectivity index (χ1n) is 4.39. The third-order valence-corrected chi connectivity index (χ3v) is 1.36. The molecule has 2 nitrogen and oxygen atoms in total. The van der Waals surface area contributed by atoms with E-state index in [0.29, 0.717) is 0 Å². The number of hydrogen-bond acceptors (Lipinski definition) is 2. The molecule has 0 N–H and O–H groups in total. The zero-order chi connectivity index (χ0) is 9.94. The summed E-state index contributed by atoms with van der Waals surface area (Å²) in [7, 11) is 1.36. The number of allylic oxidation sites excluding steroid dienone is 5. The van der Waals surface area contributed by atoms with Gasteiger partial charge in [0.25, 0.3) is 0 Å². The van der Waals surface area contributed by atoms with Crippen LogP contribution < -0.4 is 0 Å². The Morgan fingerprint density at radius 1 is 1.23 bits per heavy atom. The maximum absolute atomic E-state index is 10.6. The Morgan fingerprint density at radius 2 is 1.92 bits per heavy atom. The van der Waals surface area contributed by atoms with Crippen molar-refractivity contribution in [1.29, 1.82) is 0 Å². The van der Waals surface area contributed by atoms with E-state index in [-0.39, 0.29) is 5.97 Å². The molecule has 0 aliphatic carbocycles. The normalized spacial score (nSPS) is 11.8. The summed E-state index contributed by atoms with van der Waals surface area (Å²) in [6, 6.07) is 0. The van der Waals surface area contributed by atoms with Crippen LogP contribution >= 0.6 is 0 Å². The molecular formula is C11H16O2. The number of carbonyl (C=O) groups is 1. The Bertz CT molecular complexity index is 212. The highest BCUT2D eigenvalue weighted by atomic mass is 16.5. The first kappa shape index (κ1) is 11.7. The fourth-order valence-corrected chi connectivity index (χ4v) is 0.672. The summed E-state index contributed by atoms with van der Waals surface area (Å²) in [6.45, 7) is 2.13. The summed E-state index contributed by atoms with van der Waals surface area (Å²) in [5, 5.41) is 0. The van der Waals surface area contributed by atoms with Crippen molar-refractivity contribution in [3.05, 3.63) is 36.5 Å². The van der Waals surface area contributed by atoms with Gasteiger partial charge in [-0.05, 0) is 6.42 Å². The second-order valence-electron chi connectivity index (χ2n) is 2.48. The van der Waals surface area contributed by atoms with Crippen LogP contribution in [0.1, 0.15) is 19.8 Å². The molecule has 0 rings (SSSR count). The fourth-order valence-electron chi connectivity index (χ4n) is 0.672. The number of ether oxygens (including phenoxy) is 1. The first-order chi connectivity index (χ1) is 6.31. The molecule has 0 aromatic carbocycles. The van der Waals surface area contributed by atoms with E-state index in [9.17, 15) is 4.79 Å². The fraction of sp³-hybridized carbons (Fsp3) is 0.364. The summed E-state index contributed by atoms with van der Waals surface area (Å²) in [5.41, 5.74) is 0. The van der Waals surface area contributed by atoms with Crippen LogP contribution in [0.25, 0.3) is 0 Å². The van der Waals surface area contributed by atoms with Gasteiger partial charge < -0.3 is 4.74 Å².